The molecule has 33 heavy (non-hydrogen) atoms. The maximum atomic E-state index is 2.40. The molecule has 0 aromatic heterocycles. The van der Waals surface area contributed by atoms with Crippen LogP contribution >= 0.6 is 0 Å². The smallest absolute Gasteiger partial charge is 0.00228 e. The van der Waals surface area contributed by atoms with E-state index in [2.05, 4.69) is 125 Å². The minimum atomic E-state index is 0.594. The summed E-state index contributed by atoms with van der Waals surface area (Å²) in [6.45, 7) is 9.34. The Kier molecular flexibility index (Phi) is 7.45. The van der Waals surface area contributed by atoms with Crippen LogP contribution in [0.2, 0.25) is 0 Å². The molecule has 0 fully saturated rings. The zero-order valence-corrected chi connectivity index (χ0v) is 20.5. The lowest BCUT2D eigenvalue weighted by molar-refractivity contribution is 0.635. The second-order valence-electron chi connectivity index (χ2n) is 10.0. The molecule has 0 heterocycles. The SMILES string of the molecule is CC(C)Cc1ccc(Cc2ccccc2)c(CC(C)C)c1-c1ccccc1-c1ccccc1. The molecule has 0 spiro atoms. The summed E-state index contributed by atoms with van der Waals surface area (Å²) < 4.78 is 0. The van der Waals surface area contributed by atoms with Crippen LogP contribution in [0.5, 0.6) is 0 Å². The van der Waals surface area contributed by atoms with Crippen molar-refractivity contribution in [3.8, 4) is 22.3 Å². The van der Waals surface area contributed by atoms with Gasteiger partial charge in [-0.3, -0.25) is 0 Å². The maximum Gasteiger partial charge on any atom is -0.00228 e. The van der Waals surface area contributed by atoms with Gasteiger partial charge >= 0.3 is 0 Å². The Bertz CT molecular complexity index is 1170. The quantitative estimate of drug-likeness (QED) is 0.260. The van der Waals surface area contributed by atoms with Gasteiger partial charge in [0.15, 0.2) is 0 Å². The molecule has 0 saturated carbocycles. The Labute approximate surface area is 200 Å². The minimum absolute atomic E-state index is 0.594. The lowest BCUT2D eigenvalue weighted by Crippen LogP contribution is -2.08. The van der Waals surface area contributed by atoms with E-state index in [-0.39, 0.29) is 0 Å². The van der Waals surface area contributed by atoms with Gasteiger partial charge in [-0.25, -0.2) is 0 Å². The average Bonchev–Trinajstić information content (AvgIpc) is 2.81. The van der Waals surface area contributed by atoms with Gasteiger partial charge in [0.1, 0.15) is 0 Å². The molecule has 0 heteroatoms. The topological polar surface area (TPSA) is 0 Å². The number of benzene rings is 4. The minimum Gasteiger partial charge on any atom is -0.0625 e. The Morgan fingerprint density at radius 3 is 1.70 bits per heavy atom. The summed E-state index contributed by atoms with van der Waals surface area (Å²) >= 11 is 0. The van der Waals surface area contributed by atoms with Crippen LogP contribution in [0, 0.1) is 11.8 Å². The molecule has 0 aliphatic heterocycles. The van der Waals surface area contributed by atoms with Crippen molar-refractivity contribution in [3.63, 3.8) is 0 Å². The van der Waals surface area contributed by atoms with Crippen molar-refractivity contribution >= 4 is 0 Å². The van der Waals surface area contributed by atoms with E-state index in [1.807, 2.05) is 0 Å². The third kappa shape index (κ3) is 5.63. The van der Waals surface area contributed by atoms with Gasteiger partial charge in [0, 0.05) is 0 Å². The molecular weight excluding hydrogens is 396 g/mol. The molecular formula is C33H36. The highest BCUT2D eigenvalue weighted by molar-refractivity contribution is 5.87. The summed E-state index contributed by atoms with van der Waals surface area (Å²) in [5.74, 6) is 1.20. The predicted molar refractivity (Wildman–Crippen MR) is 144 cm³/mol. The van der Waals surface area contributed by atoms with E-state index in [1.165, 1.54) is 44.5 Å². The van der Waals surface area contributed by atoms with Crippen LogP contribution in [0.3, 0.4) is 0 Å². The fourth-order valence-electron chi connectivity index (χ4n) is 4.88. The fraction of sp³-hybridized carbons (Fsp3) is 0.273. The number of rotatable bonds is 8. The third-order valence-electron chi connectivity index (χ3n) is 6.26. The third-order valence-corrected chi connectivity index (χ3v) is 6.26. The van der Waals surface area contributed by atoms with Crippen LogP contribution in [0.25, 0.3) is 22.3 Å². The Morgan fingerprint density at radius 1 is 0.515 bits per heavy atom. The predicted octanol–water partition coefficient (Wildman–Crippen LogP) is 9.01. The molecule has 0 atom stereocenters. The Balaban J connectivity index is 1.96. The van der Waals surface area contributed by atoms with Crippen LogP contribution in [-0.4, -0.2) is 0 Å². The summed E-state index contributed by atoms with van der Waals surface area (Å²) in [7, 11) is 0. The molecule has 4 rings (SSSR count). The van der Waals surface area contributed by atoms with E-state index in [1.54, 1.807) is 0 Å². The number of hydrogen-bond acceptors (Lipinski definition) is 0. The van der Waals surface area contributed by atoms with Crippen molar-refractivity contribution in [2.45, 2.75) is 47.0 Å². The summed E-state index contributed by atoms with van der Waals surface area (Å²) in [6.07, 6.45) is 3.16. The standard InChI is InChI=1S/C33H36/c1-24(2)21-29-20-19-28(23-26-13-7-5-8-14-26)32(22-25(3)4)33(29)31-18-12-11-17-30(31)27-15-9-6-10-16-27/h5-20,24-25H,21-23H2,1-4H3. The monoisotopic (exact) mass is 432 g/mol. The van der Waals surface area contributed by atoms with Crippen molar-refractivity contribution in [1.82, 2.24) is 0 Å². The van der Waals surface area contributed by atoms with Crippen molar-refractivity contribution < 1.29 is 0 Å². The molecule has 0 aliphatic carbocycles. The van der Waals surface area contributed by atoms with Gasteiger partial charge in [-0.05, 0) is 75.6 Å². The van der Waals surface area contributed by atoms with Crippen molar-refractivity contribution in [2.75, 3.05) is 0 Å². The Hall–Kier alpha value is -3.12. The van der Waals surface area contributed by atoms with E-state index in [9.17, 15) is 0 Å². The summed E-state index contributed by atoms with van der Waals surface area (Å²) in [4.78, 5) is 0. The van der Waals surface area contributed by atoms with Crippen molar-refractivity contribution in [2.24, 2.45) is 11.8 Å². The van der Waals surface area contributed by atoms with Crippen LogP contribution in [0.15, 0.2) is 97.1 Å². The first-order chi connectivity index (χ1) is 16.0. The van der Waals surface area contributed by atoms with Crippen molar-refractivity contribution in [3.05, 3.63) is 119 Å². The zero-order valence-electron chi connectivity index (χ0n) is 20.5. The van der Waals surface area contributed by atoms with Crippen molar-refractivity contribution in [1.29, 1.82) is 0 Å². The first-order valence-corrected chi connectivity index (χ1v) is 12.3. The van der Waals surface area contributed by atoms with Gasteiger partial charge in [0.05, 0.1) is 0 Å². The largest absolute Gasteiger partial charge is 0.0625 e. The summed E-state index contributed by atoms with van der Waals surface area (Å²) in [5, 5.41) is 0. The van der Waals surface area contributed by atoms with Gasteiger partial charge in [0.25, 0.3) is 0 Å². The first-order valence-electron chi connectivity index (χ1n) is 12.3. The highest BCUT2D eigenvalue weighted by Gasteiger charge is 2.20. The molecule has 0 amide bonds. The van der Waals surface area contributed by atoms with Crippen LogP contribution < -0.4 is 0 Å². The number of hydrogen-bond donors (Lipinski definition) is 0. The van der Waals surface area contributed by atoms with Crippen LogP contribution in [0.4, 0.5) is 0 Å². The van der Waals surface area contributed by atoms with Crippen LogP contribution in [-0.2, 0) is 19.3 Å². The molecule has 4 aromatic rings. The molecule has 0 saturated heterocycles. The molecule has 4 aromatic carbocycles. The summed E-state index contributed by atoms with van der Waals surface area (Å²) in [5.41, 5.74) is 11.3. The normalized spacial score (nSPS) is 11.3. The highest BCUT2D eigenvalue weighted by Crippen LogP contribution is 2.39. The van der Waals surface area contributed by atoms with E-state index >= 15 is 0 Å². The Morgan fingerprint density at radius 2 is 1.06 bits per heavy atom. The lowest BCUT2D eigenvalue weighted by Gasteiger charge is -2.24. The summed E-state index contributed by atoms with van der Waals surface area (Å²) in [6, 6.07) is 35.5. The lowest BCUT2D eigenvalue weighted by atomic mass is 9.81. The van der Waals surface area contributed by atoms with Gasteiger partial charge in [-0.15, -0.1) is 0 Å². The molecule has 0 nitrogen and oxygen atoms in total. The molecule has 0 radical (unpaired) electrons. The second kappa shape index (κ2) is 10.7. The van der Waals surface area contributed by atoms with E-state index in [0.29, 0.717) is 11.8 Å². The van der Waals surface area contributed by atoms with Crippen LogP contribution in [0.1, 0.15) is 49.9 Å². The zero-order chi connectivity index (χ0) is 23.2. The van der Waals surface area contributed by atoms with E-state index in [0.717, 1.165) is 19.3 Å². The molecule has 168 valence electrons. The van der Waals surface area contributed by atoms with Gasteiger partial charge in [0.2, 0.25) is 0 Å². The fourth-order valence-corrected chi connectivity index (χ4v) is 4.88. The van der Waals surface area contributed by atoms with E-state index < -0.39 is 0 Å². The second-order valence-corrected chi connectivity index (χ2v) is 10.0. The maximum absolute atomic E-state index is 2.40. The first kappa shape index (κ1) is 23.1. The molecule has 0 bridgehead atoms. The van der Waals surface area contributed by atoms with Gasteiger partial charge in [-0.1, -0.05) is 125 Å². The highest BCUT2D eigenvalue weighted by atomic mass is 14.2. The van der Waals surface area contributed by atoms with Gasteiger partial charge < -0.3 is 0 Å². The molecule has 0 aliphatic rings. The average molecular weight is 433 g/mol. The van der Waals surface area contributed by atoms with Gasteiger partial charge in [-0.2, -0.15) is 0 Å². The molecule has 0 unspecified atom stereocenters. The van der Waals surface area contributed by atoms with E-state index in [4.69, 9.17) is 0 Å². The molecule has 0 N–H and O–H groups in total.